The first-order valence-electron chi connectivity index (χ1n) is 6.19. The number of anilines is 2. The smallest absolute Gasteiger partial charge is 0.234 e. The minimum atomic E-state index is -0.413. The second-order valence-corrected chi connectivity index (χ2v) is 6.38. The number of thioether (sulfide) groups is 1. The molecule has 0 saturated heterocycles. The van der Waals surface area contributed by atoms with E-state index in [-0.39, 0.29) is 11.7 Å². The highest BCUT2D eigenvalue weighted by Crippen LogP contribution is 2.26. The Morgan fingerprint density at radius 3 is 2.76 bits per heavy atom. The van der Waals surface area contributed by atoms with Crippen molar-refractivity contribution in [2.24, 2.45) is 0 Å². The van der Waals surface area contributed by atoms with Crippen LogP contribution in [0.1, 0.15) is 5.56 Å². The molecule has 0 spiro atoms. The number of amides is 1. The molecule has 0 aromatic heterocycles. The van der Waals surface area contributed by atoms with E-state index in [0.29, 0.717) is 16.3 Å². The summed E-state index contributed by atoms with van der Waals surface area (Å²) in [4.78, 5) is 12.3. The largest absolute Gasteiger partial charge is 0.399 e. The van der Waals surface area contributed by atoms with Crippen molar-refractivity contribution in [3.8, 4) is 0 Å². The summed E-state index contributed by atoms with van der Waals surface area (Å²) in [5.41, 5.74) is 7.64. The fourth-order valence-corrected chi connectivity index (χ4v) is 3.00. The summed E-state index contributed by atoms with van der Waals surface area (Å²) in [5, 5.41) is 2.78. The Morgan fingerprint density at radius 2 is 2.10 bits per heavy atom. The molecule has 0 heterocycles. The lowest BCUT2D eigenvalue weighted by molar-refractivity contribution is -0.113. The van der Waals surface area contributed by atoms with Crippen LogP contribution >= 0.6 is 27.7 Å². The van der Waals surface area contributed by atoms with Crippen LogP contribution in [0.2, 0.25) is 0 Å². The summed E-state index contributed by atoms with van der Waals surface area (Å²) in [6, 6.07) is 10.1. The number of rotatable bonds is 4. The number of hydrogen-bond acceptors (Lipinski definition) is 3. The lowest BCUT2D eigenvalue weighted by atomic mass is 10.2. The van der Waals surface area contributed by atoms with Gasteiger partial charge in [-0.2, -0.15) is 0 Å². The van der Waals surface area contributed by atoms with Gasteiger partial charge in [0.2, 0.25) is 5.91 Å². The molecule has 0 radical (unpaired) electrons. The van der Waals surface area contributed by atoms with Crippen LogP contribution in [-0.4, -0.2) is 11.7 Å². The van der Waals surface area contributed by atoms with Gasteiger partial charge in [-0.15, -0.1) is 11.8 Å². The van der Waals surface area contributed by atoms with E-state index in [1.54, 1.807) is 12.1 Å². The number of hydrogen-bond donors (Lipinski definition) is 2. The normalized spacial score (nSPS) is 10.4. The maximum atomic E-state index is 13.6. The number of nitrogens with two attached hydrogens (primary N) is 1. The van der Waals surface area contributed by atoms with Gasteiger partial charge in [0, 0.05) is 15.1 Å². The predicted octanol–water partition coefficient (Wildman–Crippen LogP) is 4.21. The van der Waals surface area contributed by atoms with Gasteiger partial charge in [-0.25, -0.2) is 4.39 Å². The van der Waals surface area contributed by atoms with Gasteiger partial charge >= 0.3 is 0 Å². The third-order valence-electron chi connectivity index (χ3n) is 2.71. The highest BCUT2D eigenvalue weighted by molar-refractivity contribution is 9.10. The lowest BCUT2D eigenvalue weighted by Crippen LogP contribution is -2.14. The number of aryl methyl sites for hydroxylation is 1. The first kappa shape index (κ1) is 15.9. The number of benzene rings is 2. The van der Waals surface area contributed by atoms with Crippen molar-refractivity contribution in [2.45, 2.75) is 11.8 Å². The molecule has 0 fully saturated rings. The molecule has 2 rings (SSSR count). The summed E-state index contributed by atoms with van der Waals surface area (Å²) in [6.45, 7) is 1.97. The Kier molecular flexibility index (Phi) is 5.25. The quantitative estimate of drug-likeness (QED) is 0.627. The lowest BCUT2D eigenvalue weighted by Gasteiger charge is -2.08. The van der Waals surface area contributed by atoms with E-state index in [2.05, 4.69) is 21.2 Å². The van der Waals surface area contributed by atoms with Crippen LogP contribution in [0.4, 0.5) is 15.8 Å². The molecule has 3 N–H and O–H groups in total. The summed E-state index contributed by atoms with van der Waals surface area (Å²) in [7, 11) is 0. The van der Waals surface area contributed by atoms with Crippen LogP contribution in [0.25, 0.3) is 0 Å². The maximum Gasteiger partial charge on any atom is 0.234 e. The zero-order chi connectivity index (χ0) is 15.4. The monoisotopic (exact) mass is 368 g/mol. The van der Waals surface area contributed by atoms with E-state index >= 15 is 0 Å². The molecule has 0 unspecified atom stereocenters. The van der Waals surface area contributed by atoms with Gasteiger partial charge < -0.3 is 11.1 Å². The van der Waals surface area contributed by atoms with E-state index in [1.807, 2.05) is 25.1 Å². The molecule has 3 nitrogen and oxygen atoms in total. The molecule has 0 aliphatic rings. The van der Waals surface area contributed by atoms with Gasteiger partial charge in [-0.1, -0.05) is 6.07 Å². The molecular formula is C15H14BrFN2OS. The van der Waals surface area contributed by atoms with Crippen molar-refractivity contribution in [3.05, 3.63) is 52.3 Å². The second kappa shape index (κ2) is 6.95. The fourth-order valence-electron chi connectivity index (χ4n) is 1.69. The summed E-state index contributed by atoms with van der Waals surface area (Å²) < 4.78 is 14.4. The molecular weight excluding hydrogens is 355 g/mol. The molecule has 0 aliphatic heterocycles. The topological polar surface area (TPSA) is 55.1 Å². The molecule has 110 valence electrons. The molecule has 2 aromatic rings. The van der Waals surface area contributed by atoms with Crippen molar-refractivity contribution in [1.29, 1.82) is 0 Å². The van der Waals surface area contributed by atoms with Crippen LogP contribution in [0, 0.1) is 12.7 Å². The van der Waals surface area contributed by atoms with Crippen LogP contribution < -0.4 is 11.1 Å². The van der Waals surface area contributed by atoms with Crippen molar-refractivity contribution in [3.63, 3.8) is 0 Å². The minimum Gasteiger partial charge on any atom is -0.399 e. The molecule has 21 heavy (non-hydrogen) atoms. The van der Waals surface area contributed by atoms with Crippen molar-refractivity contribution < 1.29 is 9.18 Å². The summed E-state index contributed by atoms with van der Waals surface area (Å²) >= 11 is 4.53. The highest BCUT2D eigenvalue weighted by Gasteiger charge is 2.09. The zero-order valence-electron chi connectivity index (χ0n) is 11.3. The average Bonchev–Trinajstić information content (AvgIpc) is 2.41. The molecule has 0 aliphatic carbocycles. The van der Waals surface area contributed by atoms with Crippen LogP contribution in [-0.2, 0) is 4.79 Å². The van der Waals surface area contributed by atoms with E-state index in [9.17, 15) is 9.18 Å². The Labute approximate surface area is 135 Å². The SMILES string of the molecule is Cc1ccc(NC(=O)CSc2ccc(N)cc2F)c(Br)c1. The number of carbonyl (C=O) groups is 1. The van der Waals surface area contributed by atoms with Crippen molar-refractivity contribution >= 4 is 45.0 Å². The van der Waals surface area contributed by atoms with Crippen LogP contribution in [0.15, 0.2) is 45.8 Å². The third-order valence-corrected chi connectivity index (χ3v) is 4.42. The molecule has 1 amide bonds. The standard InChI is InChI=1S/C15H14BrFN2OS/c1-9-2-4-13(11(16)6-9)19-15(20)8-21-14-5-3-10(18)7-12(14)17/h2-7H,8,18H2,1H3,(H,19,20). The van der Waals surface area contributed by atoms with Gasteiger partial charge in [0.25, 0.3) is 0 Å². The maximum absolute atomic E-state index is 13.6. The fraction of sp³-hybridized carbons (Fsp3) is 0.133. The van der Waals surface area contributed by atoms with Gasteiger partial charge in [-0.3, -0.25) is 4.79 Å². The molecule has 0 atom stereocenters. The first-order chi connectivity index (χ1) is 9.95. The van der Waals surface area contributed by atoms with Gasteiger partial charge in [0.05, 0.1) is 11.4 Å². The number of nitrogens with one attached hydrogen (secondary N) is 1. The zero-order valence-corrected chi connectivity index (χ0v) is 13.7. The van der Waals surface area contributed by atoms with E-state index < -0.39 is 5.82 Å². The van der Waals surface area contributed by atoms with Gasteiger partial charge in [-0.05, 0) is 58.7 Å². The Balaban J connectivity index is 1.96. The summed E-state index contributed by atoms with van der Waals surface area (Å²) in [6.07, 6.45) is 0. The molecule has 0 saturated carbocycles. The number of halogens is 2. The number of carbonyl (C=O) groups excluding carboxylic acids is 1. The summed E-state index contributed by atoms with van der Waals surface area (Å²) in [5.74, 6) is -0.480. The van der Waals surface area contributed by atoms with E-state index in [1.165, 1.54) is 6.07 Å². The van der Waals surface area contributed by atoms with Gasteiger partial charge in [0.1, 0.15) is 5.82 Å². The Bertz CT molecular complexity index is 679. The average molecular weight is 369 g/mol. The minimum absolute atomic E-state index is 0.126. The second-order valence-electron chi connectivity index (χ2n) is 4.51. The molecule has 6 heteroatoms. The Morgan fingerprint density at radius 1 is 1.33 bits per heavy atom. The van der Waals surface area contributed by atoms with E-state index in [0.717, 1.165) is 21.8 Å². The Hall–Kier alpha value is -1.53. The van der Waals surface area contributed by atoms with E-state index in [4.69, 9.17) is 5.73 Å². The third kappa shape index (κ3) is 4.47. The van der Waals surface area contributed by atoms with Crippen molar-refractivity contribution in [2.75, 3.05) is 16.8 Å². The van der Waals surface area contributed by atoms with Gasteiger partial charge in [0.15, 0.2) is 0 Å². The highest BCUT2D eigenvalue weighted by atomic mass is 79.9. The number of nitrogen functional groups attached to an aromatic ring is 1. The molecule has 0 bridgehead atoms. The predicted molar refractivity (Wildman–Crippen MR) is 89.0 cm³/mol. The molecule has 2 aromatic carbocycles. The van der Waals surface area contributed by atoms with Crippen LogP contribution in [0.5, 0.6) is 0 Å². The first-order valence-corrected chi connectivity index (χ1v) is 7.97. The van der Waals surface area contributed by atoms with Crippen molar-refractivity contribution in [1.82, 2.24) is 0 Å². The van der Waals surface area contributed by atoms with Crippen LogP contribution in [0.3, 0.4) is 0 Å².